The van der Waals surface area contributed by atoms with Crippen LogP contribution < -0.4 is 16.0 Å². The fourth-order valence-electron chi connectivity index (χ4n) is 2.12. The fraction of sp³-hybridized carbons (Fsp3) is 0.600. The summed E-state index contributed by atoms with van der Waals surface area (Å²) in [5.41, 5.74) is 0.684. The SMILES string of the molecule is CCC(C)[C@H](C)[C@@H](NC(=N)Nc1cnn(C)c1)NC(=O)CC#N. The van der Waals surface area contributed by atoms with E-state index >= 15 is 0 Å². The molecule has 8 nitrogen and oxygen atoms in total. The molecule has 0 saturated carbocycles. The highest BCUT2D eigenvalue weighted by atomic mass is 16.1. The molecule has 3 atom stereocenters. The standard InChI is InChI=1S/C15H25N7O/c1-5-10(2)11(3)14(20-13(23)6-7-16)21-15(17)19-12-8-18-22(4)9-12/h8-11,14H,5-6H2,1-4H3,(H,20,23)(H3,17,19,21)/t10?,11-,14+/m0/s1. The molecule has 23 heavy (non-hydrogen) atoms. The largest absolute Gasteiger partial charge is 0.336 e. The minimum Gasteiger partial charge on any atom is -0.336 e. The molecule has 0 bridgehead atoms. The van der Waals surface area contributed by atoms with Crippen molar-refractivity contribution in [3.05, 3.63) is 12.4 Å². The van der Waals surface area contributed by atoms with E-state index in [9.17, 15) is 4.79 Å². The van der Waals surface area contributed by atoms with Crippen LogP contribution in [0.15, 0.2) is 12.4 Å². The van der Waals surface area contributed by atoms with E-state index in [2.05, 4.69) is 34.9 Å². The van der Waals surface area contributed by atoms with E-state index in [0.717, 1.165) is 6.42 Å². The van der Waals surface area contributed by atoms with Gasteiger partial charge in [0.2, 0.25) is 5.91 Å². The zero-order valence-electron chi connectivity index (χ0n) is 14.1. The maximum atomic E-state index is 11.7. The number of carbonyl (C=O) groups excluding carboxylic acids is 1. The number of hydrogen-bond acceptors (Lipinski definition) is 4. The minimum absolute atomic E-state index is 0.0652. The van der Waals surface area contributed by atoms with E-state index in [-0.39, 0.29) is 24.2 Å². The van der Waals surface area contributed by atoms with Crippen LogP contribution in [0.4, 0.5) is 5.69 Å². The topological polar surface area (TPSA) is 119 Å². The van der Waals surface area contributed by atoms with Gasteiger partial charge in [-0.15, -0.1) is 0 Å². The first-order chi connectivity index (χ1) is 10.9. The van der Waals surface area contributed by atoms with Gasteiger partial charge in [0.15, 0.2) is 5.96 Å². The number of aryl methyl sites for hydroxylation is 1. The number of nitrogens with one attached hydrogen (secondary N) is 4. The lowest BCUT2D eigenvalue weighted by atomic mass is 9.90. The summed E-state index contributed by atoms with van der Waals surface area (Å²) >= 11 is 0. The van der Waals surface area contributed by atoms with Gasteiger partial charge in [-0.1, -0.05) is 27.2 Å². The van der Waals surface area contributed by atoms with Crippen LogP contribution in [0.1, 0.15) is 33.6 Å². The number of carbonyl (C=O) groups is 1. The maximum Gasteiger partial charge on any atom is 0.235 e. The smallest absolute Gasteiger partial charge is 0.235 e. The van der Waals surface area contributed by atoms with E-state index in [4.69, 9.17) is 10.7 Å². The van der Waals surface area contributed by atoms with Crippen molar-refractivity contribution in [1.29, 1.82) is 10.7 Å². The number of aromatic nitrogens is 2. The molecule has 1 aromatic heterocycles. The van der Waals surface area contributed by atoms with Gasteiger partial charge in [-0.2, -0.15) is 10.4 Å². The molecule has 0 aliphatic rings. The van der Waals surface area contributed by atoms with E-state index < -0.39 is 6.17 Å². The Labute approximate surface area is 136 Å². The second kappa shape index (κ2) is 8.78. The number of rotatable bonds is 7. The predicted octanol–water partition coefficient (Wildman–Crippen LogP) is 1.39. The Morgan fingerprint density at radius 2 is 2.17 bits per heavy atom. The molecular formula is C15H25N7O. The van der Waals surface area contributed by atoms with Crippen LogP contribution >= 0.6 is 0 Å². The molecule has 1 unspecified atom stereocenters. The molecule has 0 aromatic carbocycles. The van der Waals surface area contributed by atoms with Crippen LogP contribution in [0.5, 0.6) is 0 Å². The average Bonchev–Trinajstić information content (AvgIpc) is 2.90. The average molecular weight is 319 g/mol. The molecule has 1 heterocycles. The van der Waals surface area contributed by atoms with Crippen LogP contribution in [-0.2, 0) is 11.8 Å². The number of amides is 1. The monoisotopic (exact) mass is 319 g/mol. The Balaban J connectivity index is 2.72. The third kappa shape index (κ3) is 5.98. The highest BCUT2D eigenvalue weighted by molar-refractivity contribution is 5.91. The summed E-state index contributed by atoms with van der Waals surface area (Å²) in [5, 5.41) is 29.3. The van der Waals surface area contributed by atoms with Crippen molar-refractivity contribution in [2.75, 3.05) is 5.32 Å². The van der Waals surface area contributed by atoms with Gasteiger partial charge in [-0.25, -0.2) is 0 Å². The molecule has 1 amide bonds. The van der Waals surface area contributed by atoms with Crippen LogP contribution in [0, 0.1) is 28.6 Å². The van der Waals surface area contributed by atoms with Crippen molar-refractivity contribution in [3.8, 4) is 6.07 Å². The molecular weight excluding hydrogens is 294 g/mol. The summed E-state index contributed by atoms with van der Waals surface area (Å²) in [7, 11) is 1.79. The summed E-state index contributed by atoms with van der Waals surface area (Å²) < 4.78 is 1.63. The summed E-state index contributed by atoms with van der Waals surface area (Å²) in [6.45, 7) is 6.18. The molecule has 4 N–H and O–H groups in total. The molecule has 0 saturated heterocycles. The van der Waals surface area contributed by atoms with Crippen LogP contribution in [-0.4, -0.2) is 27.8 Å². The minimum atomic E-state index is -0.428. The van der Waals surface area contributed by atoms with Crippen LogP contribution in [0.3, 0.4) is 0 Å². The molecule has 1 rings (SSSR count). The quantitative estimate of drug-likeness (QED) is 0.344. The number of nitrogens with zero attached hydrogens (tertiary/aromatic N) is 3. The Hall–Kier alpha value is -2.56. The van der Waals surface area contributed by atoms with Gasteiger partial charge in [-0.05, 0) is 11.8 Å². The first-order valence-electron chi connectivity index (χ1n) is 7.64. The van der Waals surface area contributed by atoms with Gasteiger partial charge in [0.1, 0.15) is 12.6 Å². The van der Waals surface area contributed by atoms with Gasteiger partial charge in [0.05, 0.1) is 18.0 Å². The van der Waals surface area contributed by atoms with E-state index in [1.807, 2.05) is 13.0 Å². The number of nitriles is 1. The van der Waals surface area contributed by atoms with Crippen LogP contribution in [0.25, 0.3) is 0 Å². The lowest BCUT2D eigenvalue weighted by Gasteiger charge is -2.30. The highest BCUT2D eigenvalue weighted by Gasteiger charge is 2.24. The molecule has 8 heteroatoms. The molecule has 0 aliphatic carbocycles. The first-order valence-corrected chi connectivity index (χ1v) is 7.64. The molecule has 0 aliphatic heterocycles. The third-order valence-corrected chi connectivity index (χ3v) is 3.90. The molecule has 1 aromatic rings. The number of guanidine groups is 1. The van der Waals surface area contributed by atoms with E-state index in [0.29, 0.717) is 11.6 Å². The predicted molar refractivity (Wildman–Crippen MR) is 88.5 cm³/mol. The molecule has 0 radical (unpaired) electrons. The van der Waals surface area contributed by atoms with Gasteiger partial charge in [0, 0.05) is 13.2 Å². The summed E-state index contributed by atoms with van der Waals surface area (Å²) in [6.07, 6.45) is 3.68. The summed E-state index contributed by atoms with van der Waals surface area (Å²) in [6, 6.07) is 1.83. The fourth-order valence-corrected chi connectivity index (χ4v) is 2.12. The summed E-state index contributed by atoms with van der Waals surface area (Å²) in [4.78, 5) is 11.7. The first kappa shape index (κ1) is 18.5. The lowest BCUT2D eigenvalue weighted by Crippen LogP contribution is -2.54. The Morgan fingerprint density at radius 1 is 1.48 bits per heavy atom. The van der Waals surface area contributed by atoms with Crippen molar-refractivity contribution in [2.24, 2.45) is 18.9 Å². The normalized spacial score (nSPS) is 14.2. The van der Waals surface area contributed by atoms with Crippen molar-refractivity contribution in [2.45, 2.75) is 39.8 Å². The van der Waals surface area contributed by atoms with Crippen molar-refractivity contribution in [1.82, 2.24) is 20.4 Å². The van der Waals surface area contributed by atoms with Crippen molar-refractivity contribution in [3.63, 3.8) is 0 Å². The number of anilines is 1. The van der Waals surface area contributed by atoms with Crippen molar-refractivity contribution < 1.29 is 4.79 Å². The lowest BCUT2D eigenvalue weighted by molar-refractivity contribution is -0.121. The zero-order valence-corrected chi connectivity index (χ0v) is 14.1. The molecule has 126 valence electrons. The van der Waals surface area contributed by atoms with Crippen LogP contribution in [0.2, 0.25) is 0 Å². The molecule has 0 spiro atoms. The maximum absolute atomic E-state index is 11.7. The van der Waals surface area contributed by atoms with Crippen molar-refractivity contribution >= 4 is 17.6 Å². The van der Waals surface area contributed by atoms with E-state index in [1.54, 1.807) is 24.1 Å². The summed E-state index contributed by atoms with van der Waals surface area (Å²) in [5.74, 6) is 0.157. The van der Waals surface area contributed by atoms with Gasteiger partial charge < -0.3 is 16.0 Å². The molecule has 0 fully saturated rings. The highest BCUT2D eigenvalue weighted by Crippen LogP contribution is 2.17. The van der Waals surface area contributed by atoms with Gasteiger partial charge in [0.25, 0.3) is 0 Å². The number of hydrogen-bond donors (Lipinski definition) is 4. The Bertz CT molecular complexity index is 575. The second-order valence-electron chi connectivity index (χ2n) is 5.67. The second-order valence-corrected chi connectivity index (χ2v) is 5.67. The Kier molecular flexibility index (Phi) is 7.06. The third-order valence-electron chi connectivity index (χ3n) is 3.90. The van der Waals surface area contributed by atoms with Gasteiger partial charge >= 0.3 is 0 Å². The van der Waals surface area contributed by atoms with Gasteiger partial charge in [-0.3, -0.25) is 14.9 Å². The Morgan fingerprint density at radius 3 is 2.70 bits per heavy atom. The zero-order chi connectivity index (χ0) is 17.4. The van der Waals surface area contributed by atoms with E-state index in [1.165, 1.54) is 0 Å².